The maximum atomic E-state index is 12.0. The van der Waals surface area contributed by atoms with Crippen LogP contribution in [0.25, 0.3) is 22.4 Å². The van der Waals surface area contributed by atoms with E-state index in [0.29, 0.717) is 12.8 Å². The molecule has 0 atom stereocenters. The van der Waals surface area contributed by atoms with E-state index >= 15 is 0 Å². The number of carbonyl (C=O) groups is 1. The summed E-state index contributed by atoms with van der Waals surface area (Å²) in [7, 11) is 0. The summed E-state index contributed by atoms with van der Waals surface area (Å²) >= 11 is 0. The second-order valence-electron chi connectivity index (χ2n) is 4.55. The van der Waals surface area contributed by atoms with E-state index in [1.807, 2.05) is 18.2 Å². The molecule has 1 aliphatic rings. The number of Topliss-reactive ketones (excluding diaryl/α,β-unsaturated/α-hetero) is 1. The molecule has 2 aromatic rings. The second-order valence-corrected chi connectivity index (χ2v) is 4.55. The van der Waals surface area contributed by atoms with E-state index < -0.39 is 0 Å². The molecule has 0 aliphatic heterocycles. The molecule has 18 heavy (non-hydrogen) atoms. The summed E-state index contributed by atoms with van der Waals surface area (Å²) in [5, 5.41) is 4.72. The summed E-state index contributed by atoms with van der Waals surface area (Å²) in [6, 6.07) is 12.4. The third-order valence-electron chi connectivity index (χ3n) is 3.47. The highest BCUT2D eigenvalue weighted by Gasteiger charge is 2.13. The van der Waals surface area contributed by atoms with E-state index in [2.05, 4.69) is 30.8 Å². The molecule has 0 heterocycles. The van der Waals surface area contributed by atoms with Crippen molar-refractivity contribution in [3.8, 4) is 0 Å². The first-order chi connectivity index (χ1) is 8.81. The molecule has 0 aromatic heterocycles. The molecule has 1 heteroatoms. The van der Waals surface area contributed by atoms with Gasteiger partial charge < -0.3 is 0 Å². The molecule has 0 saturated carbocycles. The molecule has 0 fully saturated rings. The number of hydrogen-bond donors (Lipinski definition) is 0. The molecule has 0 unspecified atom stereocenters. The SMILES string of the molecule is C=CCC1=c2ccc3ccccc3c2=CCC1=O. The van der Waals surface area contributed by atoms with Crippen LogP contribution >= 0.6 is 0 Å². The minimum absolute atomic E-state index is 0.220. The Bertz CT molecular complexity index is 766. The fourth-order valence-corrected chi connectivity index (χ4v) is 2.61. The van der Waals surface area contributed by atoms with Gasteiger partial charge in [-0.1, -0.05) is 48.6 Å². The van der Waals surface area contributed by atoms with Gasteiger partial charge >= 0.3 is 0 Å². The Hall–Kier alpha value is -2.15. The average Bonchev–Trinajstić information content (AvgIpc) is 2.41. The number of benzene rings is 2. The van der Waals surface area contributed by atoms with E-state index in [9.17, 15) is 4.79 Å². The van der Waals surface area contributed by atoms with Crippen molar-refractivity contribution in [1.29, 1.82) is 0 Å². The minimum Gasteiger partial charge on any atom is -0.294 e. The number of rotatable bonds is 2. The van der Waals surface area contributed by atoms with Crippen LogP contribution in [0, 0.1) is 0 Å². The molecule has 1 nitrogen and oxygen atoms in total. The zero-order valence-corrected chi connectivity index (χ0v) is 10.1. The van der Waals surface area contributed by atoms with Gasteiger partial charge in [-0.15, -0.1) is 6.58 Å². The lowest BCUT2D eigenvalue weighted by atomic mass is 9.93. The molecular weight excluding hydrogens is 220 g/mol. The van der Waals surface area contributed by atoms with E-state index in [0.717, 1.165) is 10.8 Å². The number of fused-ring (bicyclic) bond motifs is 3. The Balaban J connectivity index is 2.49. The van der Waals surface area contributed by atoms with Crippen molar-refractivity contribution in [2.45, 2.75) is 12.8 Å². The molecule has 0 spiro atoms. The smallest absolute Gasteiger partial charge is 0.163 e. The summed E-state index contributed by atoms with van der Waals surface area (Å²) in [6.07, 6.45) is 5.01. The van der Waals surface area contributed by atoms with Gasteiger partial charge in [-0.25, -0.2) is 0 Å². The Morgan fingerprint density at radius 2 is 2.00 bits per heavy atom. The van der Waals surface area contributed by atoms with Gasteiger partial charge in [0, 0.05) is 12.0 Å². The molecule has 0 amide bonds. The van der Waals surface area contributed by atoms with Crippen LogP contribution in [0.4, 0.5) is 0 Å². The maximum absolute atomic E-state index is 12.0. The topological polar surface area (TPSA) is 17.1 Å². The van der Waals surface area contributed by atoms with Crippen molar-refractivity contribution in [3.05, 3.63) is 59.5 Å². The highest BCUT2D eigenvalue weighted by Crippen LogP contribution is 2.12. The molecule has 0 radical (unpaired) electrons. The van der Waals surface area contributed by atoms with Crippen LogP contribution in [0.1, 0.15) is 12.8 Å². The molecule has 3 rings (SSSR count). The summed E-state index contributed by atoms with van der Waals surface area (Å²) < 4.78 is 0. The van der Waals surface area contributed by atoms with Gasteiger partial charge in [0.25, 0.3) is 0 Å². The molecule has 1 aliphatic carbocycles. The first kappa shape index (κ1) is 11.0. The number of ketones is 1. The Kier molecular flexibility index (Phi) is 2.60. The van der Waals surface area contributed by atoms with E-state index in [-0.39, 0.29) is 5.78 Å². The fourth-order valence-electron chi connectivity index (χ4n) is 2.61. The van der Waals surface area contributed by atoms with Crippen molar-refractivity contribution in [2.75, 3.05) is 0 Å². The summed E-state index contributed by atoms with van der Waals surface area (Å²) in [4.78, 5) is 12.0. The maximum Gasteiger partial charge on any atom is 0.163 e. The van der Waals surface area contributed by atoms with Crippen LogP contribution < -0.4 is 10.4 Å². The van der Waals surface area contributed by atoms with Gasteiger partial charge in [0.15, 0.2) is 5.78 Å². The Morgan fingerprint density at radius 1 is 1.17 bits per heavy atom. The van der Waals surface area contributed by atoms with Gasteiger partial charge in [-0.3, -0.25) is 4.79 Å². The summed E-state index contributed by atoms with van der Waals surface area (Å²) in [5.41, 5.74) is 0.897. The second kappa shape index (κ2) is 4.26. The van der Waals surface area contributed by atoms with Gasteiger partial charge in [0.05, 0.1) is 0 Å². The van der Waals surface area contributed by atoms with Gasteiger partial charge in [-0.2, -0.15) is 0 Å². The lowest BCUT2D eigenvalue weighted by molar-refractivity contribution is -0.113. The van der Waals surface area contributed by atoms with Crippen molar-refractivity contribution in [2.24, 2.45) is 0 Å². The fraction of sp³-hybridized carbons (Fsp3) is 0.118. The molecule has 0 bridgehead atoms. The first-order valence-corrected chi connectivity index (χ1v) is 6.16. The predicted molar refractivity (Wildman–Crippen MR) is 75.5 cm³/mol. The molecule has 2 aromatic carbocycles. The van der Waals surface area contributed by atoms with Gasteiger partial charge in [0.1, 0.15) is 0 Å². The quantitative estimate of drug-likeness (QED) is 0.729. The van der Waals surface area contributed by atoms with Crippen LogP contribution in [-0.2, 0) is 4.79 Å². The lowest BCUT2D eigenvalue weighted by Gasteiger charge is -2.10. The summed E-state index contributed by atoms with van der Waals surface area (Å²) in [6.45, 7) is 3.74. The highest BCUT2D eigenvalue weighted by molar-refractivity contribution is 6.18. The largest absolute Gasteiger partial charge is 0.294 e. The standard InChI is InChI=1S/C17H14O/c1-2-5-16-15-9-8-12-6-3-4-7-13(12)14(15)10-11-17(16)18/h2-4,6-10H,1,5,11H2. The number of allylic oxidation sites excluding steroid dienone is 1. The van der Waals surface area contributed by atoms with Crippen LogP contribution in [-0.4, -0.2) is 5.78 Å². The molecule has 88 valence electrons. The van der Waals surface area contributed by atoms with E-state index in [4.69, 9.17) is 0 Å². The molecule has 0 N–H and O–H groups in total. The van der Waals surface area contributed by atoms with Gasteiger partial charge in [-0.05, 0) is 27.6 Å². The third-order valence-corrected chi connectivity index (χ3v) is 3.47. The zero-order valence-electron chi connectivity index (χ0n) is 10.1. The van der Waals surface area contributed by atoms with Crippen molar-refractivity contribution in [3.63, 3.8) is 0 Å². The number of hydrogen-bond acceptors (Lipinski definition) is 1. The van der Waals surface area contributed by atoms with Gasteiger partial charge in [0.2, 0.25) is 0 Å². The van der Waals surface area contributed by atoms with E-state index in [1.165, 1.54) is 16.0 Å². The van der Waals surface area contributed by atoms with E-state index in [1.54, 1.807) is 6.08 Å². The van der Waals surface area contributed by atoms with Crippen LogP contribution in [0.15, 0.2) is 49.1 Å². The highest BCUT2D eigenvalue weighted by atomic mass is 16.1. The molecular formula is C17H14O. The van der Waals surface area contributed by atoms with Crippen LogP contribution in [0.5, 0.6) is 0 Å². The number of carbonyl (C=O) groups excluding carboxylic acids is 1. The average molecular weight is 234 g/mol. The van der Waals surface area contributed by atoms with Crippen LogP contribution in [0.2, 0.25) is 0 Å². The monoisotopic (exact) mass is 234 g/mol. The molecule has 0 saturated heterocycles. The lowest BCUT2D eigenvalue weighted by Crippen LogP contribution is -2.33. The van der Waals surface area contributed by atoms with Crippen molar-refractivity contribution in [1.82, 2.24) is 0 Å². The first-order valence-electron chi connectivity index (χ1n) is 6.16. The predicted octanol–water partition coefficient (Wildman–Crippen LogP) is 2.32. The van der Waals surface area contributed by atoms with Crippen molar-refractivity contribution >= 4 is 28.2 Å². The normalized spacial score (nSPS) is 14.2. The van der Waals surface area contributed by atoms with Crippen LogP contribution in [0.3, 0.4) is 0 Å². The Labute approximate surface area is 106 Å². The Morgan fingerprint density at radius 3 is 2.83 bits per heavy atom. The van der Waals surface area contributed by atoms with Crippen molar-refractivity contribution < 1.29 is 4.79 Å². The summed E-state index contributed by atoms with van der Waals surface area (Å²) in [5.74, 6) is 0.220. The minimum atomic E-state index is 0.220. The third kappa shape index (κ3) is 1.60. The zero-order chi connectivity index (χ0) is 12.5.